The van der Waals surface area contributed by atoms with Crippen molar-refractivity contribution in [2.24, 2.45) is 0 Å². The first-order chi connectivity index (χ1) is 11.3. The van der Waals surface area contributed by atoms with E-state index in [2.05, 4.69) is 45.2 Å². The topological polar surface area (TPSA) is 46.2 Å². The molecule has 23 heavy (non-hydrogen) atoms. The molecule has 0 fully saturated rings. The second-order valence-corrected chi connectivity index (χ2v) is 6.77. The molecular weight excluding hydrogens is 526 g/mol. The van der Waals surface area contributed by atoms with Crippen LogP contribution in [0, 0.1) is 3.57 Å². The smallest absolute Gasteiger partial charge is 0.119 e. The lowest BCUT2D eigenvalue weighted by atomic mass is 10.3. The predicted octanol–water partition coefficient (Wildman–Crippen LogP) is 3.17. The van der Waals surface area contributed by atoms with Crippen LogP contribution in [-0.2, 0) is 18.9 Å². The first-order valence-electron chi connectivity index (χ1n) is 7.58. The summed E-state index contributed by atoms with van der Waals surface area (Å²) in [6.07, 6.45) is 0. The standard InChI is InChI=1S/C16H24I2O5/c17-5-6-19-7-8-20-9-10-21-11-12-22-13-14-23-16-3-1-15(18)2-4-16/h1-4H,5-14H2. The van der Waals surface area contributed by atoms with Crippen LogP contribution in [0.1, 0.15) is 0 Å². The quantitative estimate of drug-likeness (QED) is 0.191. The zero-order chi connectivity index (χ0) is 16.6. The van der Waals surface area contributed by atoms with Crippen LogP contribution in [0.3, 0.4) is 0 Å². The molecule has 0 atom stereocenters. The number of halogens is 2. The summed E-state index contributed by atoms with van der Waals surface area (Å²) in [6.45, 7) is 5.44. The van der Waals surface area contributed by atoms with Crippen LogP contribution in [0.25, 0.3) is 0 Å². The van der Waals surface area contributed by atoms with Crippen molar-refractivity contribution in [2.45, 2.75) is 0 Å². The molecule has 0 amide bonds. The summed E-state index contributed by atoms with van der Waals surface area (Å²) in [5, 5.41) is 0. The van der Waals surface area contributed by atoms with E-state index in [1.54, 1.807) is 0 Å². The Hall–Kier alpha value is 0.320. The van der Waals surface area contributed by atoms with Crippen molar-refractivity contribution in [3.63, 3.8) is 0 Å². The van der Waals surface area contributed by atoms with Crippen LogP contribution in [0.15, 0.2) is 24.3 Å². The zero-order valence-corrected chi connectivity index (χ0v) is 17.5. The van der Waals surface area contributed by atoms with Crippen molar-refractivity contribution in [1.29, 1.82) is 0 Å². The summed E-state index contributed by atoms with van der Waals surface area (Å²) in [5.74, 6) is 0.866. The molecule has 0 saturated carbocycles. The fourth-order valence-corrected chi connectivity index (χ4v) is 2.24. The van der Waals surface area contributed by atoms with E-state index in [9.17, 15) is 0 Å². The third-order valence-electron chi connectivity index (χ3n) is 2.65. The normalized spacial score (nSPS) is 10.9. The lowest BCUT2D eigenvalue weighted by Gasteiger charge is -2.08. The van der Waals surface area contributed by atoms with Gasteiger partial charge in [0.25, 0.3) is 0 Å². The van der Waals surface area contributed by atoms with E-state index in [0.29, 0.717) is 52.9 Å². The molecule has 132 valence electrons. The Labute approximate surface area is 165 Å². The van der Waals surface area contributed by atoms with Crippen LogP contribution in [0.2, 0.25) is 0 Å². The van der Waals surface area contributed by atoms with Gasteiger partial charge in [-0.3, -0.25) is 0 Å². The largest absolute Gasteiger partial charge is 0.491 e. The van der Waals surface area contributed by atoms with E-state index in [4.69, 9.17) is 23.7 Å². The summed E-state index contributed by atoms with van der Waals surface area (Å²) < 4.78 is 29.3. The Balaban J connectivity index is 1.77. The molecule has 0 N–H and O–H groups in total. The summed E-state index contributed by atoms with van der Waals surface area (Å²) in [7, 11) is 0. The number of hydrogen-bond acceptors (Lipinski definition) is 5. The van der Waals surface area contributed by atoms with Gasteiger partial charge in [0.2, 0.25) is 0 Å². The van der Waals surface area contributed by atoms with Crippen molar-refractivity contribution in [3.8, 4) is 5.75 Å². The molecular formula is C16H24I2O5. The number of alkyl halides is 1. The molecule has 7 heteroatoms. The van der Waals surface area contributed by atoms with Gasteiger partial charge in [0, 0.05) is 8.00 Å². The van der Waals surface area contributed by atoms with Crippen molar-refractivity contribution in [3.05, 3.63) is 27.8 Å². The van der Waals surface area contributed by atoms with E-state index in [1.165, 1.54) is 3.57 Å². The minimum Gasteiger partial charge on any atom is -0.491 e. The SMILES string of the molecule is ICCOCCOCCOCCOCCOc1ccc(I)cc1. The molecule has 0 radical (unpaired) electrons. The van der Waals surface area contributed by atoms with Crippen molar-refractivity contribution >= 4 is 45.2 Å². The van der Waals surface area contributed by atoms with E-state index in [0.717, 1.165) is 16.8 Å². The second-order valence-electron chi connectivity index (χ2n) is 4.44. The molecule has 0 aliphatic carbocycles. The van der Waals surface area contributed by atoms with E-state index >= 15 is 0 Å². The van der Waals surface area contributed by atoms with Crippen molar-refractivity contribution in [2.75, 3.05) is 63.9 Å². The summed E-state index contributed by atoms with van der Waals surface area (Å²) >= 11 is 4.55. The Morgan fingerprint density at radius 3 is 1.52 bits per heavy atom. The lowest BCUT2D eigenvalue weighted by molar-refractivity contribution is -0.00308. The number of ether oxygens (including phenoxy) is 5. The molecule has 0 aliphatic heterocycles. The Morgan fingerprint density at radius 2 is 1.04 bits per heavy atom. The molecule has 0 spiro atoms. The zero-order valence-electron chi connectivity index (χ0n) is 13.2. The average Bonchev–Trinajstić information content (AvgIpc) is 2.57. The maximum atomic E-state index is 5.56. The van der Waals surface area contributed by atoms with Gasteiger partial charge in [0.05, 0.1) is 52.9 Å². The van der Waals surface area contributed by atoms with E-state index in [-0.39, 0.29) is 0 Å². The van der Waals surface area contributed by atoms with Gasteiger partial charge in [-0.15, -0.1) is 0 Å². The van der Waals surface area contributed by atoms with Crippen LogP contribution in [-0.4, -0.2) is 63.9 Å². The molecule has 0 heterocycles. The highest BCUT2D eigenvalue weighted by Crippen LogP contribution is 2.13. The number of benzene rings is 1. The van der Waals surface area contributed by atoms with Gasteiger partial charge in [-0.1, -0.05) is 22.6 Å². The number of rotatable bonds is 15. The van der Waals surface area contributed by atoms with Crippen LogP contribution < -0.4 is 4.74 Å². The summed E-state index contributed by atoms with van der Waals surface area (Å²) in [6, 6.07) is 7.94. The average molecular weight is 550 g/mol. The molecule has 0 saturated heterocycles. The highest BCUT2D eigenvalue weighted by atomic mass is 127. The maximum absolute atomic E-state index is 5.56. The minimum atomic E-state index is 0.543. The highest BCUT2D eigenvalue weighted by Gasteiger charge is 1.95. The van der Waals surface area contributed by atoms with E-state index < -0.39 is 0 Å². The Bertz CT molecular complexity index is 375. The first-order valence-corrected chi connectivity index (χ1v) is 10.2. The maximum Gasteiger partial charge on any atom is 0.119 e. The molecule has 0 aromatic heterocycles. The summed E-state index contributed by atoms with van der Waals surface area (Å²) in [5.41, 5.74) is 0. The van der Waals surface area contributed by atoms with Crippen LogP contribution >= 0.6 is 45.2 Å². The van der Waals surface area contributed by atoms with E-state index in [1.807, 2.05) is 24.3 Å². The summed E-state index contributed by atoms with van der Waals surface area (Å²) in [4.78, 5) is 0. The first kappa shape index (κ1) is 21.4. The van der Waals surface area contributed by atoms with Crippen molar-refractivity contribution < 1.29 is 23.7 Å². The highest BCUT2D eigenvalue weighted by molar-refractivity contribution is 14.1. The lowest BCUT2D eigenvalue weighted by Crippen LogP contribution is -2.14. The second kappa shape index (κ2) is 15.8. The Kier molecular flexibility index (Phi) is 14.7. The predicted molar refractivity (Wildman–Crippen MR) is 107 cm³/mol. The molecule has 1 aromatic rings. The van der Waals surface area contributed by atoms with Gasteiger partial charge in [-0.05, 0) is 46.9 Å². The molecule has 0 unspecified atom stereocenters. The minimum absolute atomic E-state index is 0.543. The molecule has 5 nitrogen and oxygen atoms in total. The molecule has 1 aromatic carbocycles. The van der Waals surface area contributed by atoms with Crippen LogP contribution in [0.4, 0.5) is 0 Å². The van der Waals surface area contributed by atoms with Gasteiger partial charge in [0.15, 0.2) is 0 Å². The third-order valence-corrected chi connectivity index (χ3v) is 3.81. The van der Waals surface area contributed by atoms with Gasteiger partial charge in [-0.25, -0.2) is 0 Å². The fourth-order valence-electron chi connectivity index (χ4n) is 1.57. The van der Waals surface area contributed by atoms with Gasteiger partial charge in [0.1, 0.15) is 12.4 Å². The van der Waals surface area contributed by atoms with Gasteiger partial charge >= 0.3 is 0 Å². The molecule has 1 rings (SSSR count). The van der Waals surface area contributed by atoms with Crippen molar-refractivity contribution in [1.82, 2.24) is 0 Å². The fraction of sp³-hybridized carbons (Fsp3) is 0.625. The van der Waals surface area contributed by atoms with Gasteiger partial charge in [-0.2, -0.15) is 0 Å². The van der Waals surface area contributed by atoms with Crippen LogP contribution in [0.5, 0.6) is 5.75 Å². The molecule has 0 aliphatic rings. The third kappa shape index (κ3) is 13.3. The monoisotopic (exact) mass is 550 g/mol. The Morgan fingerprint density at radius 1 is 0.609 bits per heavy atom. The number of hydrogen-bond donors (Lipinski definition) is 0. The molecule has 0 bridgehead atoms. The van der Waals surface area contributed by atoms with Gasteiger partial charge < -0.3 is 23.7 Å².